The fourth-order valence-electron chi connectivity index (χ4n) is 3.02. The summed E-state index contributed by atoms with van der Waals surface area (Å²) in [5.74, 6) is 0.638. The van der Waals surface area contributed by atoms with E-state index in [-0.39, 0.29) is 0 Å². The maximum atomic E-state index is 10.5. The average Bonchev–Trinajstić information content (AvgIpc) is 2.10. The maximum absolute atomic E-state index is 10.5. The van der Waals surface area contributed by atoms with Gasteiger partial charge in [0, 0.05) is 19.1 Å². The number of hydrogen-bond acceptors (Lipinski definition) is 2. The van der Waals surface area contributed by atoms with Crippen LogP contribution in [0, 0.1) is 11.8 Å². The van der Waals surface area contributed by atoms with E-state index in [4.69, 9.17) is 5.11 Å². The molecule has 3 heteroatoms. The Balaban J connectivity index is 1.71. The molecule has 0 aromatic heterocycles. The molecule has 0 spiro atoms. The Morgan fingerprint density at radius 2 is 2.13 bits per heavy atom. The number of aliphatic carboxylic acids is 1. The molecule has 86 valence electrons. The van der Waals surface area contributed by atoms with Crippen LogP contribution in [-0.2, 0) is 4.79 Å². The van der Waals surface area contributed by atoms with Crippen molar-refractivity contribution in [2.45, 2.75) is 45.1 Å². The molecular weight excluding hydrogens is 190 g/mol. The van der Waals surface area contributed by atoms with Gasteiger partial charge in [0.2, 0.25) is 0 Å². The Kier molecular flexibility index (Phi) is 3.29. The van der Waals surface area contributed by atoms with Crippen molar-refractivity contribution in [1.82, 2.24) is 4.90 Å². The minimum Gasteiger partial charge on any atom is -0.481 e. The minimum absolute atomic E-state index is 0.360. The van der Waals surface area contributed by atoms with Crippen molar-refractivity contribution in [2.75, 3.05) is 13.1 Å². The predicted molar refractivity (Wildman–Crippen MR) is 58.7 cm³/mol. The molecular formula is C12H21NO2. The third-order valence-corrected chi connectivity index (χ3v) is 3.87. The summed E-state index contributed by atoms with van der Waals surface area (Å²) in [7, 11) is 0. The lowest BCUT2D eigenvalue weighted by atomic mass is 9.83. The zero-order chi connectivity index (χ0) is 10.8. The summed E-state index contributed by atoms with van der Waals surface area (Å²) in [4.78, 5) is 13.0. The highest BCUT2D eigenvalue weighted by molar-refractivity contribution is 5.67. The van der Waals surface area contributed by atoms with Crippen molar-refractivity contribution >= 4 is 5.97 Å². The fraction of sp³-hybridized carbons (Fsp3) is 0.917. The van der Waals surface area contributed by atoms with Gasteiger partial charge < -0.3 is 5.11 Å². The monoisotopic (exact) mass is 211 g/mol. The van der Waals surface area contributed by atoms with E-state index in [0.717, 1.165) is 25.0 Å². The highest BCUT2D eigenvalue weighted by atomic mass is 16.4. The fourth-order valence-corrected chi connectivity index (χ4v) is 3.02. The Morgan fingerprint density at radius 1 is 1.40 bits per heavy atom. The van der Waals surface area contributed by atoms with Gasteiger partial charge in [-0.25, -0.2) is 0 Å². The molecule has 1 aliphatic carbocycles. The molecule has 3 nitrogen and oxygen atoms in total. The normalized spacial score (nSPS) is 33.7. The molecule has 0 radical (unpaired) electrons. The first-order chi connectivity index (χ1) is 7.15. The van der Waals surface area contributed by atoms with E-state index < -0.39 is 5.97 Å². The molecule has 0 bridgehead atoms. The van der Waals surface area contributed by atoms with Crippen LogP contribution < -0.4 is 0 Å². The van der Waals surface area contributed by atoms with Crippen molar-refractivity contribution in [3.05, 3.63) is 0 Å². The van der Waals surface area contributed by atoms with Gasteiger partial charge in [-0.15, -0.1) is 0 Å². The molecule has 2 aliphatic rings. The first kappa shape index (κ1) is 10.9. The summed E-state index contributed by atoms with van der Waals surface area (Å²) in [5, 5.41) is 8.67. The predicted octanol–water partition coefficient (Wildman–Crippen LogP) is 1.97. The van der Waals surface area contributed by atoms with E-state index in [2.05, 4.69) is 11.8 Å². The molecule has 1 aliphatic heterocycles. The highest BCUT2D eigenvalue weighted by Crippen LogP contribution is 2.32. The molecule has 0 amide bonds. The first-order valence-electron chi connectivity index (χ1n) is 6.11. The summed E-state index contributed by atoms with van der Waals surface area (Å²) in [6, 6.07) is 0.749. The van der Waals surface area contributed by atoms with E-state index in [9.17, 15) is 4.79 Å². The van der Waals surface area contributed by atoms with Crippen LogP contribution in [0.1, 0.15) is 39.0 Å². The summed E-state index contributed by atoms with van der Waals surface area (Å²) >= 11 is 0. The number of rotatable bonds is 3. The molecule has 2 atom stereocenters. The molecule has 1 saturated carbocycles. The average molecular weight is 211 g/mol. The van der Waals surface area contributed by atoms with Crippen LogP contribution in [0.5, 0.6) is 0 Å². The Hall–Kier alpha value is -0.570. The number of likely N-dealkylation sites (tertiary alicyclic amines) is 1. The third-order valence-electron chi connectivity index (χ3n) is 3.87. The summed E-state index contributed by atoms with van der Waals surface area (Å²) in [6.45, 7) is 4.37. The van der Waals surface area contributed by atoms with Crippen molar-refractivity contribution in [3.63, 3.8) is 0 Å². The Bertz CT molecular complexity index is 236. The van der Waals surface area contributed by atoms with E-state index in [0.29, 0.717) is 12.3 Å². The summed E-state index contributed by atoms with van der Waals surface area (Å²) in [6.07, 6.45) is 5.73. The zero-order valence-electron chi connectivity index (χ0n) is 9.48. The van der Waals surface area contributed by atoms with Gasteiger partial charge in [-0.1, -0.05) is 19.8 Å². The van der Waals surface area contributed by atoms with Gasteiger partial charge in [0.1, 0.15) is 0 Å². The lowest BCUT2D eigenvalue weighted by Crippen LogP contribution is -2.53. The van der Waals surface area contributed by atoms with Crippen LogP contribution in [0.25, 0.3) is 0 Å². The topological polar surface area (TPSA) is 40.5 Å². The van der Waals surface area contributed by atoms with Crippen molar-refractivity contribution in [3.8, 4) is 0 Å². The Morgan fingerprint density at radius 3 is 2.73 bits per heavy atom. The second kappa shape index (κ2) is 4.52. The molecule has 15 heavy (non-hydrogen) atoms. The van der Waals surface area contributed by atoms with E-state index in [1.54, 1.807) is 0 Å². The number of carboxylic acid groups (broad SMARTS) is 1. The van der Waals surface area contributed by atoms with E-state index in [1.807, 2.05) is 0 Å². The minimum atomic E-state index is -0.642. The van der Waals surface area contributed by atoms with Gasteiger partial charge in [-0.05, 0) is 24.7 Å². The van der Waals surface area contributed by atoms with Crippen molar-refractivity contribution in [2.24, 2.45) is 11.8 Å². The molecule has 2 fully saturated rings. The second-order valence-electron chi connectivity index (χ2n) is 5.34. The van der Waals surface area contributed by atoms with Crippen LogP contribution in [0.3, 0.4) is 0 Å². The quantitative estimate of drug-likeness (QED) is 0.776. The maximum Gasteiger partial charge on any atom is 0.303 e. The standard InChI is InChI=1S/C12H21NO2/c1-9-3-2-4-11(5-9)13-7-10(8-13)6-12(14)15/h9-11H,2-8H2,1H3,(H,14,15). The van der Waals surface area contributed by atoms with E-state index >= 15 is 0 Å². The van der Waals surface area contributed by atoms with Crippen LogP contribution in [0.4, 0.5) is 0 Å². The zero-order valence-corrected chi connectivity index (χ0v) is 9.48. The van der Waals surface area contributed by atoms with Crippen molar-refractivity contribution < 1.29 is 9.90 Å². The lowest BCUT2D eigenvalue weighted by molar-refractivity contribution is -0.140. The largest absolute Gasteiger partial charge is 0.481 e. The highest BCUT2D eigenvalue weighted by Gasteiger charge is 2.34. The molecule has 1 heterocycles. The molecule has 1 N–H and O–H groups in total. The molecule has 2 rings (SSSR count). The van der Waals surface area contributed by atoms with Gasteiger partial charge in [0.05, 0.1) is 6.42 Å². The van der Waals surface area contributed by atoms with Gasteiger partial charge in [-0.3, -0.25) is 9.69 Å². The van der Waals surface area contributed by atoms with Gasteiger partial charge in [-0.2, -0.15) is 0 Å². The molecule has 0 aromatic rings. The molecule has 2 unspecified atom stereocenters. The van der Waals surface area contributed by atoms with Gasteiger partial charge in [0.25, 0.3) is 0 Å². The van der Waals surface area contributed by atoms with Crippen LogP contribution >= 0.6 is 0 Å². The summed E-state index contributed by atoms with van der Waals surface area (Å²) < 4.78 is 0. The van der Waals surface area contributed by atoms with Crippen molar-refractivity contribution in [1.29, 1.82) is 0 Å². The Labute approximate surface area is 91.5 Å². The van der Waals surface area contributed by atoms with Crippen LogP contribution in [0.15, 0.2) is 0 Å². The number of carboxylic acids is 1. The van der Waals surface area contributed by atoms with E-state index in [1.165, 1.54) is 25.7 Å². The smallest absolute Gasteiger partial charge is 0.303 e. The summed E-state index contributed by atoms with van der Waals surface area (Å²) in [5.41, 5.74) is 0. The first-order valence-corrected chi connectivity index (χ1v) is 6.11. The van der Waals surface area contributed by atoms with Crippen LogP contribution in [0.2, 0.25) is 0 Å². The number of hydrogen-bond donors (Lipinski definition) is 1. The third kappa shape index (κ3) is 2.71. The van der Waals surface area contributed by atoms with Gasteiger partial charge in [0.15, 0.2) is 0 Å². The number of nitrogens with zero attached hydrogens (tertiary/aromatic N) is 1. The lowest BCUT2D eigenvalue weighted by Gasteiger charge is -2.46. The SMILES string of the molecule is CC1CCCC(N2CC(CC(=O)O)C2)C1. The molecule has 1 saturated heterocycles. The van der Waals surface area contributed by atoms with Crippen LogP contribution in [-0.4, -0.2) is 35.1 Å². The second-order valence-corrected chi connectivity index (χ2v) is 5.34. The molecule has 0 aromatic carbocycles. The van der Waals surface area contributed by atoms with Gasteiger partial charge >= 0.3 is 5.97 Å². The number of carbonyl (C=O) groups is 1.